The van der Waals surface area contributed by atoms with Gasteiger partial charge in [0.05, 0.1) is 17.4 Å². The van der Waals surface area contributed by atoms with Gasteiger partial charge in [0.25, 0.3) is 0 Å². The molecule has 0 fully saturated rings. The summed E-state index contributed by atoms with van der Waals surface area (Å²) in [7, 11) is 0. The van der Waals surface area contributed by atoms with E-state index in [9.17, 15) is 4.79 Å². The Morgan fingerprint density at radius 2 is 1.68 bits per heavy atom. The van der Waals surface area contributed by atoms with Crippen molar-refractivity contribution >= 4 is 17.2 Å². The zero-order valence-corrected chi connectivity index (χ0v) is 16.8. The fourth-order valence-electron chi connectivity index (χ4n) is 4.70. The van der Waals surface area contributed by atoms with Gasteiger partial charge in [0.1, 0.15) is 0 Å². The summed E-state index contributed by atoms with van der Waals surface area (Å²) in [6.07, 6.45) is 4.74. The van der Waals surface area contributed by atoms with E-state index in [2.05, 4.69) is 15.6 Å². The molecule has 2 aliphatic heterocycles. The molecule has 31 heavy (non-hydrogen) atoms. The van der Waals surface area contributed by atoms with Crippen LogP contribution in [0.5, 0.6) is 11.5 Å². The van der Waals surface area contributed by atoms with E-state index in [1.54, 1.807) is 12.4 Å². The summed E-state index contributed by atoms with van der Waals surface area (Å²) in [5, 5.41) is 7.16. The monoisotopic (exact) mass is 411 g/mol. The highest BCUT2D eigenvalue weighted by atomic mass is 16.7. The van der Waals surface area contributed by atoms with Crippen molar-refractivity contribution in [1.29, 1.82) is 0 Å². The molecule has 3 aromatic rings. The standard InChI is InChI=1S/C25H21N3O3/c29-21-12-17(16-5-6-22-23(13-16)31-14-30-22)11-20-24(21)25(15-7-9-26-10-8-15)28-19-4-2-1-3-18(19)27-20/h1-10,13,17,25,27-28H,11-12,14H2/t17-,25-/m1/s1. The zero-order chi connectivity index (χ0) is 20.8. The summed E-state index contributed by atoms with van der Waals surface area (Å²) in [4.78, 5) is 17.7. The number of allylic oxidation sites excluding steroid dienone is 1. The number of aromatic nitrogens is 1. The Labute approximate surface area is 179 Å². The quantitative estimate of drug-likeness (QED) is 0.632. The van der Waals surface area contributed by atoms with Crippen LogP contribution in [0.1, 0.15) is 35.9 Å². The number of carbonyl (C=O) groups excluding carboxylic acids is 1. The molecular formula is C25H21N3O3. The van der Waals surface area contributed by atoms with Crippen molar-refractivity contribution in [3.63, 3.8) is 0 Å². The molecule has 0 radical (unpaired) electrons. The van der Waals surface area contributed by atoms with E-state index in [-0.39, 0.29) is 24.5 Å². The summed E-state index contributed by atoms with van der Waals surface area (Å²) in [6.45, 7) is 0.245. The summed E-state index contributed by atoms with van der Waals surface area (Å²) in [5.74, 6) is 1.74. The number of fused-ring (bicyclic) bond motifs is 2. The van der Waals surface area contributed by atoms with Gasteiger partial charge < -0.3 is 20.1 Å². The molecule has 1 aliphatic carbocycles. The van der Waals surface area contributed by atoms with Crippen molar-refractivity contribution in [3.05, 3.63) is 89.4 Å². The van der Waals surface area contributed by atoms with Gasteiger partial charge in [-0.15, -0.1) is 0 Å². The van der Waals surface area contributed by atoms with Gasteiger partial charge in [0.15, 0.2) is 17.3 Å². The number of nitrogens with zero attached hydrogens (tertiary/aromatic N) is 1. The number of ketones is 1. The second-order valence-corrected chi connectivity index (χ2v) is 8.06. The first-order chi connectivity index (χ1) is 15.3. The van der Waals surface area contributed by atoms with Crippen LogP contribution >= 0.6 is 0 Å². The number of rotatable bonds is 2. The lowest BCUT2D eigenvalue weighted by Crippen LogP contribution is -2.26. The molecule has 0 spiro atoms. The summed E-state index contributed by atoms with van der Waals surface area (Å²) < 4.78 is 11.0. The second-order valence-electron chi connectivity index (χ2n) is 8.06. The Bertz CT molecular complexity index is 1210. The number of ether oxygens (including phenoxy) is 2. The predicted octanol–water partition coefficient (Wildman–Crippen LogP) is 4.79. The molecule has 0 amide bonds. The van der Waals surface area contributed by atoms with Crippen LogP contribution in [0.4, 0.5) is 11.4 Å². The number of Topliss-reactive ketones (excluding diaryl/α,β-unsaturated/α-hetero) is 1. The van der Waals surface area contributed by atoms with Crippen LogP contribution in [0.3, 0.4) is 0 Å². The molecule has 6 nitrogen and oxygen atoms in total. The Kier molecular flexibility index (Phi) is 4.16. The van der Waals surface area contributed by atoms with Gasteiger partial charge in [-0.05, 0) is 59.9 Å². The molecule has 2 N–H and O–H groups in total. The highest BCUT2D eigenvalue weighted by molar-refractivity contribution is 6.01. The molecule has 1 aromatic heterocycles. The summed E-state index contributed by atoms with van der Waals surface area (Å²) in [6, 6.07) is 17.8. The fourth-order valence-corrected chi connectivity index (χ4v) is 4.70. The predicted molar refractivity (Wildman–Crippen MR) is 117 cm³/mol. The molecule has 0 saturated heterocycles. The van der Waals surface area contributed by atoms with Crippen molar-refractivity contribution in [2.45, 2.75) is 24.8 Å². The number of nitrogens with one attached hydrogen (secondary N) is 2. The highest BCUT2D eigenvalue weighted by Crippen LogP contribution is 2.45. The van der Waals surface area contributed by atoms with Crippen LogP contribution < -0.4 is 20.1 Å². The topological polar surface area (TPSA) is 72.5 Å². The van der Waals surface area contributed by atoms with Gasteiger partial charge in [0.2, 0.25) is 6.79 Å². The molecule has 0 bridgehead atoms. The molecule has 6 rings (SSSR count). The van der Waals surface area contributed by atoms with E-state index in [1.165, 1.54) is 0 Å². The van der Waals surface area contributed by atoms with Gasteiger partial charge >= 0.3 is 0 Å². The van der Waals surface area contributed by atoms with Gasteiger partial charge in [-0.2, -0.15) is 0 Å². The molecule has 154 valence electrons. The van der Waals surface area contributed by atoms with E-state index >= 15 is 0 Å². The fraction of sp³-hybridized carbons (Fsp3) is 0.200. The Balaban J connectivity index is 1.43. The first-order valence-electron chi connectivity index (χ1n) is 10.4. The smallest absolute Gasteiger partial charge is 0.231 e. The molecule has 0 unspecified atom stereocenters. The van der Waals surface area contributed by atoms with Gasteiger partial charge in [0, 0.05) is 30.1 Å². The lowest BCUT2D eigenvalue weighted by molar-refractivity contribution is -0.116. The van der Waals surface area contributed by atoms with E-state index < -0.39 is 0 Å². The number of hydrogen-bond acceptors (Lipinski definition) is 6. The zero-order valence-electron chi connectivity index (χ0n) is 16.8. The molecular weight excluding hydrogens is 390 g/mol. The molecule has 3 aliphatic rings. The number of anilines is 2. The normalized spacial score (nSPS) is 21.5. The third-order valence-corrected chi connectivity index (χ3v) is 6.22. The maximum absolute atomic E-state index is 13.5. The SMILES string of the molecule is O=C1C[C@H](c2ccc3c(c2)OCO3)CC2=C1[C@@H](c1ccncc1)Nc1ccccc1N2. The minimum Gasteiger partial charge on any atom is -0.454 e. The maximum Gasteiger partial charge on any atom is 0.231 e. The van der Waals surface area contributed by atoms with Crippen LogP contribution in [0.15, 0.2) is 78.3 Å². The Hall–Kier alpha value is -3.80. The molecule has 2 aromatic carbocycles. The van der Waals surface area contributed by atoms with Crippen LogP contribution in [-0.4, -0.2) is 17.6 Å². The molecule has 0 saturated carbocycles. The first-order valence-corrected chi connectivity index (χ1v) is 10.4. The number of carbonyl (C=O) groups is 1. The van der Waals surface area contributed by atoms with Gasteiger partial charge in [-0.25, -0.2) is 0 Å². The average molecular weight is 411 g/mol. The Morgan fingerprint density at radius 3 is 2.55 bits per heavy atom. The van der Waals surface area contributed by atoms with E-state index in [0.717, 1.165) is 51.7 Å². The van der Waals surface area contributed by atoms with Crippen molar-refractivity contribution in [1.82, 2.24) is 4.98 Å². The highest BCUT2D eigenvalue weighted by Gasteiger charge is 2.36. The maximum atomic E-state index is 13.5. The lowest BCUT2D eigenvalue weighted by atomic mass is 9.78. The first kappa shape index (κ1) is 18.0. The van der Waals surface area contributed by atoms with Crippen LogP contribution in [0.25, 0.3) is 0 Å². The van der Waals surface area contributed by atoms with Crippen LogP contribution in [0.2, 0.25) is 0 Å². The number of para-hydroxylation sites is 2. The van der Waals surface area contributed by atoms with E-state index in [1.807, 2.05) is 54.6 Å². The van der Waals surface area contributed by atoms with Gasteiger partial charge in [-0.3, -0.25) is 9.78 Å². The van der Waals surface area contributed by atoms with Crippen molar-refractivity contribution in [2.75, 3.05) is 17.4 Å². The van der Waals surface area contributed by atoms with Crippen LogP contribution in [0, 0.1) is 0 Å². The number of hydrogen-bond donors (Lipinski definition) is 2. The summed E-state index contributed by atoms with van der Waals surface area (Å²) in [5.41, 5.74) is 5.85. The van der Waals surface area contributed by atoms with Crippen molar-refractivity contribution < 1.29 is 14.3 Å². The van der Waals surface area contributed by atoms with Crippen LogP contribution in [-0.2, 0) is 4.79 Å². The number of benzene rings is 2. The lowest BCUT2D eigenvalue weighted by Gasteiger charge is -2.30. The van der Waals surface area contributed by atoms with E-state index in [4.69, 9.17) is 9.47 Å². The number of pyridine rings is 1. The van der Waals surface area contributed by atoms with Crippen molar-refractivity contribution in [2.24, 2.45) is 0 Å². The molecule has 2 atom stereocenters. The largest absolute Gasteiger partial charge is 0.454 e. The summed E-state index contributed by atoms with van der Waals surface area (Å²) >= 11 is 0. The van der Waals surface area contributed by atoms with E-state index in [0.29, 0.717) is 6.42 Å². The molecule has 3 heterocycles. The third kappa shape index (κ3) is 3.11. The molecule has 6 heteroatoms. The average Bonchev–Trinajstić information content (AvgIpc) is 3.20. The minimum absolute atomic E-state index is 0.0802. The second kappa shape index (κ2) is 7.16. The minimum atomic E-state index is -0.223. The third-order valence-electron chi connectivity index (χ3n) is 6.22. The van der Waals surface area contributed by atoms with Gasteiger partial charge in [-0.1, -0.05) is 18.2 Å². The van der Waals surface area contributed by atoms with Crippen molar-refractivity contribution in [3.8, 4) is 11.5 Å². The Morgan fingerprint density at radius 1 is 0.871 bits per heavy atom.